The highest BCUT2D eigenvalue weighted by Crippen LogP contribution is 2.35. The van der Waals surface area contributed by atoms with Crippen molar-refractivity contribution in [2.75, 3.05) is 13.2 Å². The monoisotopic (exact) mass is 326 g/mol. The molecule has 0 spiro atoms. The van der Waals surface area contributed by atoms with E-state index in [1.165, 1.54) is 6.07 Å². The molecule has 7 heteroatoms. The lowest BCUT2D eigenvalue weighted by Crippen LogP contribution is -2.49. The van der Waals surface area contributed by atoms with Gasteiger partial charge >= 0.3 is 14.7 Å². The van der Waals surface area contributed by atoms with E-state index in [2.05, 4.69) is 13.8 Å². The summed E-state index contributed by atoms with van der Waals surface area (Å²) < 4.78 is 23.3. The highest BCUT2D eigenvalue weighted by molar-refractivity contribution is 7.60. The summed E-state index contributed by atoms with van der Waals surface area (Å²) in [6, 6.07) is 3.25. The molecule has 2 rings (SSSR count). The zero-order valence-electron chi connectivity index (χ0n) is 13.6. The molecule has 2 N–H and O–H groups in total. The van der Waals surface area contributed by atoms with Crippen LogP contribution in [0.2, 0.25) is 0 Å². The minimum Gasteiger partial charge on any atom is -0.407 e. The Kier molecular flexibility index (Phi) is 5.20. The normalized spacial score (nSPS) is 18.5. The van der Waals surface area contributed by atoms with Crippen LogP contribution < -0.4 is 10.8 Å². The van der Waals surface area contributed by atoms with Crippen LogP contribution in [0, 0.1) is 5.41 Å². The topological polar surface area (TPSA) is 76.0 Å². The van der Waals surface area contributed by atoms with E-state index in [9.17, 15) is 14.4 Å². The van der Waals surface area contributed by atoms with Gasteiger partial charge in [0, 0.05) is 18.6 Å². The van der Waals surface area contributed by atoms with Crippen LogP contribution in [0.5, 0.6) is 0 Å². The lowest BCUT2D eigenvalue weighted by molar-refractivity contribution is 0.0342. The van der Waals surface area contributed by atoms with E-state index >= 15 is 0 Å². The summed E-state index contributed by atoms with van der Waals surface area (Å²) in [4.78, 5) is 19.1. The van der Waals surface area contributed by atoms with Crippen molar-refractivity contribution < 1.29 is 23.7 Å². The molecule has 0 bridgehead atoms. The van der Waals surface area contributed by atoms with Crippen molar-refractivity contribution in [3.05, 3.63) is 23.3 Å². The van der Waals surface area contributed by atoms with E-state index in [-0.39, 0.29) is 10.7 Å². The average Bonchev–Trinajstić information content (AvgIpc) is 2.44. The minimum absolute atomic E-state index is 0.0116. The molecule has 0 amide bonds. The van der Waals surface area contributed by atoms with Crippen LogP contribution in [0.4, 0.5) is 0 Å². The average molecular weight is 326 g/mol. The van der Waals surface area contributed by atoms with Crippen LogP contribution in [-0.4, -0.2) is 30.1 Å². The van der Waals surface area contributed by atoms with Crippen LogP contribution in [0.3, 0.4) is 0 Å². The summed E-state index contributed by atoms with van der Waals surface area (Å²) in [6.07, 6.45) is 1.24. The Morgan fingerprint density at radius 1 is 1.14 bits per heavy atom. The Labute approximate surface area is 132 Å². The lowest BCUT2D eigenvalue weighted by atomic mass is 9.71. The molecule has 1 aromatic rings. The highest BCUT2D eigenvalue weighted by atomic mass is 31.2. The van der Waals surface area contributed by atoms with Crippen molar-refractivity contribution in [2.24, 2.45) is 5.41 Å². The summed E-state index contributed by atoms with van der Waals surface area (Å²) in [7, 11) is -4.73. The Bertz CT molecular complexity index is 586. The van der Waals surface area contributed by atoms with Gasteiger partial charge in [0.2, 0.25) is 0 Å². The molecule has 1 saturated heterocycles. The van der Waals surface area contributed by atoms with Gasteiger partial charge in [0.05, 0.1) is 5.30 Å². The molecule has 0 saturated carbocycles. The van der Waals surface area contributed by atoms with Gasteiger partial charge in [-0.2, -0.15) is 0 Å². The fourth-order valence-electron chi connectivity index (χ4n) is 2.88. The van der Waals surface area contributed by atoms with Gasteiger partial charge in [-0.3, -0.25) is 4.57 Å². The van der Waals surface area contributed by atoms with Crippen LogP contribution in [0.25, 0.3) is 0 Å². The fourth-order valence-corrected chi connectivity index (χ4v) is 3.79. The summed E-state index contributed by atoms with van der Waals surface area (Å²) in [5, 5.41) is 0.117. The van der Waals surface area contributed by atoms with E-state index in [4.69, 9.17) is 9.31 Å². The Morgan fingerprint density at radius 2 is 1.68 bits per heavy atom. The number of hydrogen-bond acceptors (Lipinski definition) is 3. The number of rotatable bonds is 4. The van der Waals surface area contributed by atoms with Crippen molar-refractivity contribution in [2.45, 2.75) is 40.5 Å². The van der Waals surface area contributed by atoms with Gasteiger partial charge in [-0.05, 0) is 35.5 Å². The first kappa shape index (κ1) is 17.7. The maximum atomic E-state index is 11.7. The Balaban J connectivity index is 2.44. The largest absolute Gasteiger partial charge is 0.494 e. The summed E-state index contributed by atoms with van der Waals surface area (Å²) in [5.74, 6) is 0. The minimum atomic E-state index is -4.27. The van der Waals surface area contributed by atoms with Crippen molar-refractivity contribution in [3.63, 3.8) is 0 Å². The maximum Gasteiger partial charge on any atom is 0.494 e. The molecule has 0 aliphatic carbocycles. The Hall–Kier alpha value is -0.645. The van der Waals surface area contributed by atoms with E-state index in [0.717, 1.165) is 11.0 Å². The molecule has 5 nitrogen and oxygen atoms in total. The second-order valence-corrected chi connectivity index (χ2v) is 8.07. The van der Waals surface area contributed by atoms with Gasteiger partial charge in [-0.25, -0.2) is 0 Å². The molecule has 1 aromatic carbocycles. The molecular weight excluding hydrogens is 302 g/mol. The highest BCUT2D eigenvalue weighted by Gasteiger charge is 2.36. The molecule has 1 heterocycles. The van der Waals surface area contributed by atoms with E-state index in [1.807, 2.05) is 13.8 Å². The van der Waals surface area contributed by atoms with Gasteiger partial charge in [-0.1, -0.05) is 33.8 Å². The molecule has 0 radical (unpaired) electrons. The number of hydrogen-bond donors (Lipinski definition) is 2. The zero-order chi connectivity index (χ0) is 16.5. The molecule has 1 fully saturated rings. The fraction of sp³-hybridized carbons (Fsp3) is 0.600. The summed E-state index contributed by atoms with van der Waals surface area (Å²) in [6.45, 7) is 9.25. The zero-order valence-corrected chi connectivity index (χ0v) is 14.5. The molecule has 0 aromatic heterocycles. The van der Waals surface area contributed by atoms with E-state index in [1.54, 1.807) is 6.07 Å². The smallest absolute Gasteiger partial charge is 0.407 e. The second-order valence-electron chi connectivity index (χ2n) is 6.50. The molecule has 0 atom stereocenters. The molecule has 22 heavy (non-hydrogen) atoms. The van der Waals surface area contributed by atoms with Crippen molar-refractivity contribution in [1.82, 2.24) is 0 Å². The third kappa shape index (κ3) is 3.63. The van der Waals surface area contributed by atoms with Gasteiger partial charge in [0.1, 0.15) is 0 Å². The maximum absolute atomic E-state index is 11.7. The van der Waals surface area contributed by atoms with Gasteiger partial charge in [-0.15, -0.1) is 0 Å². The third-order valence-corrected chi connectivity index (χ3v) is 5.02. The van der Waals surface area contributed by atoms with Crippen LogP contribution in [-0.2, 0) is 26.7 Å². The van der Waals surface area contributed by atoms with Crippen LogP contribution in [0.15, 0.2) is 12.1 Å². The first-order chi connectivity index (χ1) is 10.2. The van der Waals surface area contributed by atoms with Gasteiger partial charge in [0.15, 0.2) is 0 Å². The first-order valence-corrected chi connectivity index (χ1v) is 9.25. The van der Waals surface area contributed by atoms with Gasteiger partial charge < -0.3 is 19.1 Å². The second kappa shape index (κ2) is 6.46. The van der Waals surface area contributed by atoms with Crippen LogP contribution in [0.1, 0.15) is 38.8 Å². The molecule has 1 aliphatic rings. The standard InChI is InChI=1S/C15H24BO5P/c1-5-11-12(6-2)14(22(17,18)19)8-7-13(11)16-20-9-15(3,4)10-21-16/h7-8H,5-6,9-10H2,1-4H3,(H2,17,18,19). The van der Waals surface area contributed by atoms with Crippen molar-refractivity contribution >= 4 is 25.5 Å². The van der Waals surface area contributed by atoms with Crippen molar-refractivity contribution in [3.8, 4) is 0 Å². The van der Waals surface area contributed by atoms with Crippen LogP contribution >= 0.6 is 7.60 Å². The van der Waals surface area contributed by atoms with Crippen molar-refractivity contribution in [1.29, 1.82) is 0 Å². The van der Waals surface area contributed by atoms with Gasteiger partial charge in [0.25, 0.3) is 0 Å². The predicted molar refractivity (Wildman–Crippen MR) is 87.9 cm³/mol. The first-order valence-electron chi connectivity index (χ1n) is 7.63. The molecule has 1 aliphatic heterocycles. The summed E-state index contributed by atoms with van der Waals surface area (Å²) in [5.41, 5.74) is 2.51. The van der Waals surface area contributed by atoms with E-state index < -0.39 is 14.7 Å². The Morgan fingerprint density at radius 3 is 2.14 bits per heavy atom. The third-order valence-electron chi connectivity index (χ3n) is 3.97. The molecule has 0 unspecified atom stereocenters. The quantitative estimate of drug-likeness (QED) is 0.646. The predicted octanol–water partition coefficient (Wildman–Crippen LogP) is 1.38. The molecule has 122 valence electrons. The SMILES string of the molecule is CCc1c(B2OCC(C)(C)CO2)ccc(P(=O)(O)O)c1CC. The number of benzene rings is 1. The summed E-state index contributed by atoms with van der Waals surface area (Å²) >= 11 is 0. The molecular formula is C15H24BO5P. The van der Waals surface area contributed by atoms with E-state index in [0.29, 0.717) is 31.6 Å². The lowest BCUT2D eigenvalue weighted by Gasteiger charge is -2.34.